The molecule has 1 aliphatic heterocycles. The number of anilines is 1. The largest absolute Gasteiger partial charge is 0.443 e. The molecular formula is C20H18BrF3N2O3. The van der Waals surface area contributed by atoms with E-state index >= 15 is 0 Å². The van der Waals surface area contributed by atoms with E-state index in [4.69, 9.17) is 4.74 Å². The molecule has 0 aromatic heterocycles. The topological polar surface area (TPSA) is 49.9 Å². The average Bonchev–Trinajstić information content (AvgIpc) is 2.93. The summed E-state index contributed by atoms with van der Waals surface area (Å²) in [7, 11) is 0. The lowest BCUT2D eigenvalue weighted by Crippen LogP contribution is -2.41. The van der Waals surface area contributed by atoms with Crippen LogP contribution in [0, 0.1) is 17.5 Å². The van der Waals surface area contributed by atoms with Gasteiger partial charge in [0.05, 0.1) is 17.1 Å². The van der Waals surface area contributed by atoms with Crippen molar-refractivity contribution in [1.82, 2.24) is 4.90 Å². The number of amides is 3. The highest BCUT2D eigenvalue weighted by Crippen LogP contribution is 2.36. The maximum Gasteiger partial charge on any atom is 0.419 e. The molecule has 0 saturated carbocycles. The molecule has 1 saturated heterocycles. The van der Waals surface area contributed by atoms with Crippen molar-refractivity contribution in [1.29, 1.82) is 0 Å². The minimum absolute atomic E-state index is 0.0503. The summed E-state index contributed by atoms with van der Waals surface area (Å²) in [6.45, 7) is 4.73. The molecule has 3 rings (SSSR count). The summed E-state index contributed by atoms with van der Waals surface area (Å²) in [5, 5.41) is 0. The number of carbonyl (C=O) groups excluding carboxylic acids is 2. The number of urea groups is 1. The van der Waals surface area contributed by atoms with Crippen molar-refractivity contribution < 1.29 is 27.5 Å². The number of halogens is 4. The first-order valence-corrected chi connectivity index (χ1v) is 9.51. The SMILES string of the molecule is CC(C)(C)OC(=O)N1C(=O)N(c2ccc(Br)c(F)c2)CC1c1ccc(F)cc1F. The Morgan fingerprint density at radius 2 is 1.79 bits per heavy atom. The van der Waals surface area contributed by atoms with E-state index in [1.54, 1.807) is 20.8 Å². The number of hydrogen-bond donors (Lipinski definition) is 0. The van der Waals surface area contributed by atoms with Crippen LogP contribution in [-0.4, -0.2) is 29.2 Å². The Bertz CT molecular complexity index is 978. The van der Waals surface area contributed by atoms with E-state index < -0.39 is 41.2 Å². The second-order valence-corrected chi connectivity index (χ2v) is 8.38. The van der Waals surface area contributed by atoms with E-state index in [1.807, 2.05) is 0 Å². The van der Waals surface area contributed by atoms with Gasteiger partial charge in [-0.25, -0.2) is 27.7 Å². The summed E-state index contributed by atoms with van der Waals surface area (Å²) >= 11 is 3.04. The quantitative estimate of drug-likeness (QED) is 0.558. The van der Waals surface area contributed by atoms with Crippen molar-refractivity contribution in [2.45, 2.75) is 32.4 Å². The van der Waals surface area contributed by atoms with E-state index in [0.29, 0.717) is 6.07 Å². The van der Waals surface area contributed by atoms with Crippen molar-refractivity contribution in [2.75, 3.05) is 11.4 Å². The fourth-order valence-electron chi connectivity index (χ4n) is 2.99. The lowest BCUT2D eigenvalue weighted by atomic mass is 10.1. The Balaban J connectivity index is 2.04. The fraction of sp³-hybridized carbons (Fsp3) is 0.300. The Kier molecular flexibility index (Phi) is 5.62. The van der Waals surface area contributed by atoms with Crippen LogP contribution in [0.5, 0.6) is 0 Å². The zero-order valence-electron chi connectivity index (χ0n) is 15.9. The highest BCUT2D eigenvalue weighted by Gasteiger charge is 2.45. The number of ether oxygens (including phenoxy) is 1. The Morgan fingerprint density at radius 1 is 1.10 bits per heavy atom. The third-order valence-corrected chi connectivity index (χ3v) is 4.87. The lowest BCUT2D eigenvalue weighted by Gasteiger charge is -2.26. The Labute approximate surface area is 174 Å². The van der Waals surface area contributed by atoms with Crippen LogP contribution in [-0.2, 0) is 4.74 Å². The van der Waals surface area contributed by atoms with Gasteiger partial charge in [0.15, 0.2) is 0 Å². The lowest BCUT2D eigenvalue weighted by molar-refractivity contribution is 0.0297. The van der Waals surface area contributed by atoms with Gasteiger partial charge in [0.25, 0.3) is 0 Å². The Hall–Kier alpha value is -2.55. The maximum absolute atomic E-state index is 14.4. The number of imide groups is 1. The zero-order valence-corrected chi connectivity index (χ0v) is 17.5. The van der Waals surface area contributed by atoms with Gasteiger partial charge in [-0.1, -0.05) is 6.07 Å². The van der Waals surface area contributed by atoms with Gasteiger partial charge < -0.3 is 4.74 Å². The number of nitrogens with zero attached hydrogens (tertiary/aromatic N) is 2. The molecule has 0 aliphatic carbocycles. The van der Waals surface area contributed by atoms with E-state index in [1.165, 1.54) is 18.2 Å². The number of carbonyl (C=O) groups is 2. The predicted molar refractivity (Wildman–Crippen MR) is 104 cm³/mol. The van der Waals surface area contributed by atoms with E-state index in [0.717, 1.165) is 21.9 Å². The number of hydrogen-bond acceptors (Lipinski definition) is 3. The highest BCUT2D eigenvalue weighted by molar-refractivity contribution is 9.10. The molecule has 0 N–H and O–H groups in total. The third-order valence-electron chi connectivity index (χ3n) is 4.23. The normalized spacial score (nSPS) is 17.1. The molecule has 1 fully saturated rings. The summed E-state index contributed by atoms with van der Waals surface area (Å²) in [6, 6.07) is 5.04. The molecule has 2 aromatic carbocycles. The summed E-state index contributed by atoms with van der Waals surface area (Å²) in [4.78, 5) is 27.6. The smallest absolute Gasteiger partial charge is 0.419 e. The summed E-state index contributed by atoms with van der Waals surface area (Å²) in [5.74, 6) is -2.29. The van der Waals surface area contributed by atoms with Crippen LogP contribution in [0.15, 0.2) is 40.9 Å². The van der Waals surface area contributed by atoms with Crippen molar-refractivity contribution in [2.24, 2.45) is 0 Å². The van der Waals surface area contributed by atoms with Crippen LogP contribution in [0.1, 0.15) is 32.4 Å². The monoisotopic (exact) mass is 470 g/mol. The van der Waals surface area contributed by atoms with Crippen LogP contribution < -0.4 is 4.90 Å². The highest BCUT2D eigenvalue weighted by atomic mass is 79.9. The molecule has 1 aliphatic rings. The van der Waals surface area contributed by atoms with Gasteiger partial charge in [0.1, 0.15) is 23.1 Å². The average molecular weight is 471 g/mol. The van der Waals surface area contributed by atoms with Gasteiger partial charge in [0.2, 0.25) is 0 Å². The molecule has 0 bridgehead atoms. The molecule has 5 nitrogen and oxygen atoms in total. The second-order valence-electron chi connectivity index (χ2n) is 7.52. The molecule has 1 atom stereocenters. The van der Waals surface area contributed by atoms with Crippen molar-refractivity contribution in [3.05, 3.63) is 63.9 Å². The van der Waals surface area contributed by atoms with Gasteiger partial charge in [-0.3, -0.25) is 4.90 Å². The van der Waals surface area contributed by atoms with E-state index in [9.17, 15) is 22.8 Å². The number of rotatable bonds is 2. The first-order chi connectivity index (χ1) is 13.5. The van der Waals surface area contributed by atoms with Gasteiger partial charge in [-0.2, -0.15) is 0 Å². The maximum atomic E-state index is 14.4. The molecule has 0 radical (unpaired) electrons. The Morgan fingerprint density at radius 3 is 2.38 bits per heavy atom. The van der Waals surface area contributed by atoms with Gasteiger partial charge in [0, 0.05) is 17.3 Å². The molecule has 0 spiro atoms. The minimum Gasteiger partial charge on any atom is -0.443 e. The predicted octanol–water partition coefficient (Wildman–Crippen LogP) is 5.78. The molecule has 1 heterocycles. The van der Waals surface area contributed by atoms with E-state index in [2.05, 4.69) is 15.9 Å². The van der Waals surface area contributed by atoms with Crippen LogP contribution in [0.25, 0.3) is 0 Å². The molecule has 9 heteroatoms. The zero-order chi connectivity index (χ0) is 21.5. The molecule has 29 heavy (non-hydrogen) atoms. The van der Waals surface area contributed by atoms with Crippen LogP contribution in [0.2, 0.25) is 0 Å². The molecule has 154 valence electrons. The summed E-state index contributed by atoms with van der Waals surface area (Å²) in [6.07, 6.45) is -0.976. The molecular weight excluding hydrogens is 453 g/mol. The van der Waals surface area contributed by atoms with Gasteiger partial charge in [-0.15, -0.1) is 0 Å². The molecule has 2 aromatic rings. The first kappa shape index (κ1) is 21.2. The summed E-state index contributed by atoms with van der Waals surface area (Å²) in [5.41, 5.74) is -0.764. The van der Waals surface area contributed by atoms with Crippen molar-refractivity contribution in [3.63, 3.8) is 0 Å². The van der Waals surface area contributed by atoms with Gasteiger partial charge in [-0.05, 0) is 61.0 Å². The van der Waals surface area contributed by atoms with E-state index in [-0.39, 0.29) is 22.3 Å². The summed E-state index contributed by atoms with van der Waals surface area (Å²) < 4.78 is 47.3. The number of benzene rings is 2. The fourth-order valence-corrected chi connectivity index (χ4v) is 3.24. The standard InChI is InChI=1S/C20H18BrF3N2O3/c1-20(2,3)29-19(28)26-17(13-6-4-11(22)8-15(13)23)10-25(18(26)27)12-5-7-14(21)16(24)9-12/h4-9,17H,10H2,1-3H3. The third kappa shape index (κ3) is 4.39. The van der Waals surface area contributed by atoms with Gasteiger partial charge >= 0.3 is 12.1 Å². The van der Waals surface area contributed by atoms with Crippen LogP contribution in [0.3, 0.4) is 0 Å². The molecule has 1 unspecified atom stereocenters. The molecule has 3 amide bonds. The first-order valence-electron chi connectivity index (χ1n) is 8.71. The van der Waals surface area contributed by atoms with Crippen molar-refractivity contribution >= 4 is 33.7 Å². The van der Waals surface area contributed by atoms with Crippen LogP contribution in [0.4, 0.5) is 28.4 Å². The minimum atomic E-state index is -1.08. The van der Waals surface area contributed by atoms with Crippen molar-refractivity contribution in [3.8, 4) is 0 Å². The second kappa shape index (κ2) is 7.70. The van der Waals surface area contributed by atoms with Crippen LogP contribution >= 0.6 is 15.9 Å².